The number of aromatic nitrogens is 2. The van der Waals surface area contributed by atoms with Gasteiger partial charge in [-0.05, 0) is 43.4 Å². The molecule has 4 rings (SSSR count). The van der Waals surface area contributed by atoms with E-state index < -0.39 is 10.0 Å². The molecule has 144 valence electrons. The molecule has 2 aliphatic rings. The van der Waals surface area contributed by atoms with Gasteiger partial charge in [-0.15, -0.1) is 0 Å². The zero-order valence-corrected chi connectivity index (χ0v) is 16.6. The van der Waals surface area contributed by atoms with Crippen molar-refractivity contribution in [1.29, 1.82) is 0 Å². The van der Waals surface area contributed by atoms with Gasteiger partial charge in [-0.25, -0.2) is 18.4 Å². The smallest absolute Gasteiger partial charge is 0.243 e. The van der Waals surface area contributed by atoms with Crippen LogP contribution in [0.4, 0.5) is 5.82 Å². The number of hydrogen-bond acceptors (Lipinski definition) is 5. The topological polar surface area (TPSA) is 75.2 Å². The van der Waals surface area contributed by atoms with Crippen LogP contribution in [0.25, 0.3) is 0 Å². The molecule has 1 saturated carbocycles. The fourth-order valence-electron chi connectivity index (χ4n) is 3.28. The first-order valence-electron chi connectivity index (χ1n) is 9.40. The Morgan fingerprint density at radius 2 is 1.78 bits per heavy atom. The normalized spacial score (nSPS) is 18.4. The predicted octanol–water partition coefficient (Wildman–Crippen LogP) is 3.79. The van der Waals surface area contributed by atoms with E-state index in [1.54, 1.807) is 22.5 Å². The lowest BCUT2D eigenvalue weighted by Crippen LogP contribution is -2.35. The number of benzene rings is 1. The van der Waals surface area contributed by atoms with Crippen LogP contribution in [0.1, 0.15) is 49.4 Å². The fourth-order valence-corrected chi connectivity index (χ4v) is 4.98. The zero-order valence-electron chi connectivity index (χ0n) is 15.1. The Bertz CT molecular complexity index is 908. The van der Waals surface area contributed by atoms with Gasteiger partial charge in [0.05, 0.1) is 4.90 Å². The van der Waals surface area contributed by atoms with Crippen LogP contribution in [0, 0.1) is 0 Å². The molecule has 6 nitrogen and oxygen atoms in total. The van der Waals surface area contributed by atoms with E-state index in [1.807, 2.05) is 12.1 Å². The van der Waals surface area contributed by atoms with E-state index in [1.165, 1.54) is 0 Å². The SMILES string of the molecule is O=S(=O)(c1ccc(CNc2cc(Cl)nc(C3CC3)n2)cc1)N1CCCCC1. The van der Waals surface area contributed by atoms with Gasteiger partial charge in [-0.3, -0.25) is 0 Å². The third-order valence-electron chi connectivity index (χ3n) is 5.00. The highest BCUT2D eigenvalue weighted by Gasteiger charge is 2.27. The van der Waals surface area contributed by atoms with Gasteiger partial charge in [-0.1, -0.05) is 30.2 Å². The number of nitrogens with zero attached hydrogens (tertiary/aromatic N) is 3. The molecule has 2 aromatic rings. The standard InChI is InChI=1S/C19H23ClN4O2S/c20-17-12-18(23-19(22-17)15-6-7-15)21-13-14-4-8-16(9-5-14)27(25,26)24-10-2-1-3-11-24/h4-5,8-9,12,15H,1-3,6-7,10-11,13H2,(H,21,22,23). The lowest BCUT2D eigenvalue weighted by Gasteiger charge is -2.25. The summed E-state index contributed by atoms with van der Waals surface area (Å²) in [4.78, 5) is 9.15. The van der Waals surface area contributed by atoms with Crippen LogP contribution >= 0.6 is 11.6 Å². The maximum Gasteiger partial charge on any atom is 0.243 e. The van der Waals surface area contributed by atoms with E-state index in [4.69, 9.17) is 11.6 Å². The number of nitrogens with one attached hydrogen (secondary N) is 1. The average Bonchev–Trinajstić information content (AvgIpc) is 3.52. The lowest BCUT2D eigenvalue weighted by molar-refractivity contribution is 0.346. The van der Waals surface area contributed by atoms with Gasteiger partial charge in [0.1, 0.15) is 16.8 Å². The molecule has 1 saturated heterocycles. The summed E-state index contributed by atoms with van der Waals surface area (Å²) in [6.45, 7) is 1.77. The Labute approximate surface area is 165 Å². The Morgan fingerprint density at radius 1 is 1.07 bits per heavy atom. The van der Waals surface area contributed by atoms with Crippen LogP contribution in [0.15, 0.2) is 35.2 Å². The van der Waals surface area contributed by atoms with E-state index in [0.717, 1.165) is 43.5 Å². The first kappa shape index (κ1) is 18.7. The van der Waals surface area contributed by atoms with Crippen molar-refractivity contribution in [1.82, 2.24) is 14.3 Å². The van der Waals surface area contributed by atoms with Crippen molar-refractivity contribution in [3.8, 4) is 0 Å². The van der Waals surface area contributed by atoms with Crippen molar-refractivity contribution < 1.29 is 8.42 Å². The van der Waals surface area contributed by atoms with E-state index in [2.05, 4.69) is 15.3 Å². The van der Waals surface area contributed by atoms with E-state index in [9.17, 15) is 8.42 Å². The summed E-state index contributed by atoms with van der Waals surface area (Å²) in [5.41, 5.74) is 0.982. The zero-order chi connectivity index (χ0) is 18.9. The second-order valence-electron chi connectivity index (χ2n) is 7.17. The summed E-state index contributed by atoms with van der Waals surface area (Å²) in [6.07, 6.45) is 5.21. The first-order chi connectivity index (χ1) is 13.0. The molecule has 0 amide bonds. The minimum atomic E-state index is -3.38. The third kappa shape index (κ3) is 4.42. The number of halogens is 1. The van der Waals surface area contributed by atoms with E-state index in [-0.39, 0.29) is 0 Å². The van der Waals surface area contributed by atoms with Crippen molar-refractivity contribution in [2.75, 3.05) is 18.4 Å². The molecule has 1 aromatic carbocycles. The summed E-state index contributed by atoms with van der Waals surface area (Å²) in [6, 6.07) is 8.76. The third-order valence-corrected chi connectivity index (χ3v) is 7.11. The molecule has 0 radical (unpaired) electrons. The molecule has 0 spiro atoms. The van der Waals surface area contributed by atoms with Crippen LogP contribution in [-0.2, 0) is 16.6 Å². The Morgan fingerprint density at radius 3 is 2.44 bits per heavy atom. The van der Waals surface area contributed by atoms with Gasteiger partial charge in [0.15, 0.2) is 0 Å². The summed E-state index contributed by atoms with van der Waals surface area (Å²) in [7, 11) is -3.38. The molecule has 1 aliphatic carbocycles. The average molecular weight is 407 g/mol. The summed E-state index contributed by atoms with van der Waals surface area (Å²) < 4.78 is 27.0. The number of piperidine rings is 1. The first-order valence-corrected chi connectivity index (χ1v) is 11.2. The molecule has 0 unspecified atom stereocenters. The van der Waals surface area contributed by atoms with Crippen LogP contribution in [-0.4, -0.2) is 35.8 Å². The minimum absolute atomic E-state index is 0.356. The van der Waals surface area contributed by atoms with Gasteiger partial charge >= 0.3 is 0 Å². The molecular weight excluding hydrogens is 384 g/mol. The van der Waals surface area contributed by atoms with Crippen molar-refractivity contribution in [2.24, 2.45) is 0 Å². The van der Waals surface area contributed by atoms with Crippen molar-refractivity contribution in [2.45, 2.75) is 49.5 Å². The van der Waals surface area contributed by atoms with Crippen LogP contribution in [0.3, 0.4) is 0 Å². The fraction of sp³-hybridized carbons (Fsp3) is 0.474. The molecule has 1 aliphatic heterocycles. The largest absolute Gasteiger partial charge is 0.366 e. The molecule has 0 bridgehead atoms. The van der Waals surface area contributed by atoms with Crippen LogP contribution < -0.4 is 5.32 Å². The van der Waals surface area contributed by atoms with Gasteiger partial charge in [0.25, 0.3) is 0 Å². The second kappa shape index (κ2) is 7.73. The van der Waals surface area contributed by atoms with Crippen molar-refractivity contribution in [3.63, 3.8) is 0 Å². The quantitative estimate of drug-likeness (QED) is 0.738. The highest BCUT2D eigenvalue weighted by atomic mass is 35.5. The number of rotatable bonds is 6. The summed E-state index contributed by atoms with van der Waals surface area (Å²) in [5.74, 6) is 1.93. The predicted molar refractivity (Wildman–Crippen MR) is 105 cm³/mol. The monoisotopic (exact) mass is 406 g/mol. The van der Waals surface area contributed by atoms with Gasteiger partial charge in [0.2, 0.25) is 10.0 Å². The Balaban J connectivity index is 1.42. The van der Waals surface area contributed by atoms with Crippen molar-refractivity contribution in [3.05, 3.63) is 46.9 Å². The van der Waals surface area contributed by atoms with Gasteiger partial charge in [-0.2, -0.15) is 4.31 Å². The minimum Gasteiger partial charge on any atom is -0.366 e. The van der Waals surface area contributed by atoms with Gasteiger partial charge in [0, 0.05) is 31.6 Å². The molecule has 0 atom stereocenters. The summed E-state index contributed by atoms with van der Waals surface area (Å²) >= 11 is 6.09. The lowest BCUT2D eigenvalue weighted by atomic mass is 10.2. The Hall–Kier alpha value is -1.70. The summed E-state index contributed by atoms with van der Waals surface area (Å²) in [5, 5.41) is 3.69. The second-order valence-corrected chi connectivity index (χ2v) is 9.50. The molecule has 27 heavy (non-hydrogen) atoms. The number of hydrogen-bond donors (Lipinski definition) is 1. The molecule has 2 heterocycles. The molecule has 2 fully saturated rings. The Kier molecular flexibility index (Phi) is 5.34. The van der Waals surface area contributed by atoms with Crippen LogP contribution in [0.2, 0.25) is 5.15 Å². The van der Waals surface area contributed by atoms with Crippen molar-refractivity contribution >= 4 is 27.4 Å². The maximum absolute atomic E-state index is 12.7. The molecular formula is C19H23ClN4O2S. The van der Waals surface area contributed by atoms with Crippen LogP contribution in [0.5, 0.6) is 0 Å². The molecule has 8 heteroatoms. The number of anilines is 1. The molecule has 1 aromatic heterocycles. The molecule has 1 N–H and O–H groups in total. The highest BCUT2D eigenvalue weighted by Crippen LogP contribution is 2.38. The van der Waals surface area contributed by atoms with E-state index in [0.29, 0.717) is 41.4 Å². The van der Waals surface area contributed by atoms with E-state index >= 15 is 0 Å². The maximum atomic E-state index is 12.7. The highest BCUT2D eigenvalue weighted by molar-refractivity contribution is 7.89. The van der Waals surface area contributed by atoms with Gasteiger partial charge < -0.3 is 5.32 Å². The number of sulfonamides is 1.